The highest BCUT2D eigenvalue weighted by atomic mass is 16.3. The third kappa shape index (κ3) is 7.87. The van der Waals surface area contributed by atoms with Gasteiger partial charge in [-0.15, -0.1) is 0 Å². The predicted octanol–water partition coefficient (Wildman–Crippen LogP) is 2.08. The minimum atomic E-state index is 0.146. The van der Waals surface area contributed by atoms with Gasteiger partial charge < -0.3 is 15.9 Å². The van der Waals surface area contributed by atoms with Gasteiger partial charge in [-0.05, 0) is 36.1 Å². The highest BCUT2D eigenvalue weighted by Gasteiger charge is 1.91. The number of benzene rings is 2. The van der Waals surface area contributed by atoms with E-state index >= 15 is 0 Å². The van der Waals surface area contributed by atoms with Crippen molar-refractivity contribution >= 4 is 6.41 Å². The summed E-state index contributed by atoms with van der Waals surface area (Å²) in [4.78, 5) is 8.58. The van der Waals surface area contributed by atoms with E-state index in [1.54, 1.807) is 0 Å². The van der Waals surface area contributed by atoms with Crippen molar-refractivity contribution in [3.8, 4) is 0 Å². The van der Waals surface area contributed by atoms with E-state index in [0.717, 1.165) is 22.3 Å². The van der Waals surface area contributed by atoms with Gasteiger partial charge in [0.1, 0.15) is 0 Å². The zero-order valence-electron chi connectivity index (χ0n) is 12.5. The van der Waals surface area contributed by atoms with Crippen molar-refractivity contribution in [2.45, 2.75) is 27.1 Å². The van der Waals surface area contributed by atoms with Gasteiger partial charge in [-0.2, -0.15) is 0 Å². The number of aliphatic hydroxyl groups excluding tert-OH is 2. The van der Waals surface area contributed by atoms with Crippen molar-refractivity contribution in [1.29, 1.82) is 0 Å². The Hall–Kier alpha value is -2.17. The second kappa shape index (κ2) is 11.6. The molecule has 1 amide bonds. The Morgan fingerprint density at radius 1 is 0.857 bits per heavy atom. The minimum absolute atomic E-state index is 0.146. The fraction of sp³-hybridized carbons (Fsp3) is 0.235. The molecule has 0 aliphatic carbocycles. The molecule has 21 heavy (non-hydrogen) atoms. The van der Waals surface area contributed by atoms with E-state index in [1.807, 2.05) is 62.4 Å². The molecule has 4 N–H and O–H groups in total. The van der Waals surface area contributed by atoms with Crippen molar-refractivity contribution in [2.75, 3.05) is 0 Å². The summed E-state index contributed by atoms with van der Waals surface area (Å²) in [6.07, 6.45) is 0.250. The largest absolute Gasteiger partial charge is 0.392 e. The molecule has 0 atom stereocenters. The Kier molecular flexibility index (Phi) is 10.4. The molecule has 0 aliphatic rings. The SMILES string of the molecule is Cc1ccccc1CO.Cc1ccccc1CO.NC=O. The molecule has 4 heteroatoms. The first-order valence-corrected chi connectivity index (χ1v) is 6.56. The molecule has 2 rings (SSSR count). The number of carbonyl (C=O) groups is 1. The quantitative estimate of drug-likeness (QED) is 0.740. The van der Waals surface area contributed by atoms with Crippen LogP contribution in [0.1, 0.15) is 22.3 Å². The smallest absolute Gasteiger partial charge is 0.204 e. The van der Waals surface area contributed by atoms with Gasteiger partial charge >= 0.3 is 0 Å². The van der Waals surface area contributed by atoms with Crippen LogP contribution in [0.25, 0.3) is 0 Å². The maximum absolute atomic E-state index is 8.72. The second-order valence-corrected chi connectivity index (χ2v) is 4.31. The highest BCUT2D eigenvalue weighted by molar-refractivity contribution is 5.42. The number of primary amides is 1. The predicted molar refractivity (Wildman–Crippen MR) is 84.5 cm³/mol. The first-order valence-electron chi connectivity index (χ1n) is 6.56. The molecule has 2 aromatic rings. The van der Waals surface area contributed by atoms with Crippen LogP contribution in [0.15, 0.2) is 48.5 Å². The maximum Gasteiger partial charge on any atom is 0.204 e. The molecule has 114 valence electrons. The summed E-state index contributed by atoms with van der Waals surface area (Å²) in [5, 5.41) is 17.4. The first-order chi connectivity index (χ1) is 10.1. The summed E-state index contributed by atoms with van der Waals surface area (Å²) in [5.74, 6) is 0. The van der Waals surface area contributed by atoms with Gasteiger partial charge in [0.2, 0.25) is 6.41 Å². The van der Waals surface area contributed by atoms with Crippen molar-refractivity contribution in [3.63, 3.8) is 0 Å². The topological polar surface area (TPSA) is 83.6 Å². The van der Waals surface area contributed by atoms with Gasteiger partial charge in [-0.3, -0.25) is 4.79 Å². The van der Waals surface area contributed by atoms with Crippen LogP contribution in [0.5, 0.6) is 0 Å². The molecular formula is C17H23NO3. The second-order valence-electron chi connectivity index (χ2n) is 4.31. The van der Waals surface area contributed by atoms with Crippen molar-refractivity contribution in [1.82, 2.24) is 0 Å². The van der Waals surface area contributed by atoms with E-state index in [4.69, 9.17) is 15.0 Å². The summed E-state index contributed by atoms with van der Waals surface area (Å²) in [5.41, 5.74) is 8.50. The summed E-state index contributed by atoms with van der Waals surface area (Å²) in [6.45, 7) is 4.27. The number of hydrogen-bond donors (Lipinski definition) is 3. The Morgan fingerprint density at radius 3 is 1.33 bits per heavy atom. The van der Waals surface area contributed by atoms with Crippen LogP contribution in [0.2, 0.25) is 0 Å². The van der Waals surface area contributed by atoms with E-state index < -0.39 is 0 Å². The van der Waals surface area contributed by atoms with Crippen molar-refractivity contribution < 1.29 is 15.0 Å². The molecule has 0 heterocycles. The Morgan fingerprint density at radius 2 is 1.14 bits per heavy atom. The molecule has 0 spiro atoms. The Labute approximate surface area is 125 Å². The van der Waals surface area contributed by atoms with Crippen LogP contribution >= 0.6 is 0 Å². The highest BCUT2D eigenvalue weighted by Crippen LogP contribution is 2.05. The van der Waals surface area contributed by atoms with E-state index in [2.05, 4.69) is 5.73 Å². The number of aryl methyl sites for hydroxylation is 2. The molecule has 4 nitrogen and oxygen atoms in total. The summed E-state index contributed by atoms with van der Waals surface area (Å²) in [7, 11) is 0. The van der Waals surface area contributed by atoms with Gasteiger partial charge in [0.05, 0.1) is 13.2 Å². The van der Waals surface area contributed by atoms with Crippen LogP contribution in [-0.2, 0) is 18.0 Å². The number of carbonyl (C=O) groups excluding carboxylic acids is 1. The molecule has 0 unspecified atom stereocenters. The standard InChI is InChI=1S/2C8H10O.CH3NO/c2*1-7-4-2-3-5-8(7)6-9;2-1-3/h2*2-5,9H,6H2,1H3;1H,(H2,2,3). The maximum atomic E-state index is 8.72. The van der Waals surface area contributed by atoms with Crippen LogP contribution in [0.3, 0.4) is 0 Å². The van der Waals surface area contributed by atoms with Gasteiger partial charge in [-0.1, -0.05) is 48.5 Å². The number of aliphatic hydroxyl groups is 2. The van der Waals surface area contributed by atoms with E-state index in [9.17, 15) is 0 Å². The number of nitrogens with two attached hydrogens (primary N) is 1. The third-order valence-electron chi connectivity index (χ3n) is 2.86. The number of rotatable bonds is 2. The summed E-state index contributed by atoms with van der Waals surface area (Å²) < 4.78 is 0. The van der Waals surface area contributed by atoms with Crippen LogP contribution < -0.4 is 5.73 Å². The van der Waals surface area contributed by atoms with Gasteiger partial charge in [0, 0.05) is 0 Å². The average molecular weight is 289 g/mol. The number of hydrogen-bond acceptors (Lipinski definition) is 3. The normalized spacial score (nSPS) is 8.76. The first kappa shape index (κ1) is 18.8. The molecule has 0 aromatic heterocycles. The zero-order valence-corrected chi connectivity index (χ0v) is 12.5. The lowest BCUT2D eigenvalue weighted by molar-refractivity contribution is -0.106. The number of amides is 1. The van der Waals surface area contributed by atoms with E-state index in [0.29, 0.717) is 0 Å². The fourth-order valence-corrected chi connectivity index (χ4v) is 1.57. The van der Waals surface area contributed by atoms with Crippen LogP contribution in [0, 0.1) is 13.8 Å². The molecule has 0 bridgehead atoms. The average Bonchev–Trinajstić information content (AvgIpc) is 2.50. The van der Waals surface area contributed by atoms with Crippen molar-refractivity contribution in [2.24, 2.45) is 5.73 Å². The molecule has 0 saturated carbocycles. The molecule has 0 saturated heterocycles. The van der Waals surface area contributed by atoms with Gasteiger partial charge in [-0.25, -0.2) is 0 Å². The molecule has 2 aromatic carbocycles. The zero-order chi connectivity index (χ0) is 16.1. The van der Waals surface area contributed by atoms with Crippen molar-refractivity contribution in [3.05, 3.63) is 70.8 Å². The van der Waals surface area contributed by atoms with Crippen LogP contribution in [0.4, 0.5) is 0 Å². The monoisotopic (exact) mass is 289 g/mol. The summed E-state index contributed by atoms with van der Waals surface area (Å²) >= 11 is 0. The van der Waals surface area contributed by atoms with Crippen LogP contribution in [-0.4, -0.2) is 16.6 Å². The lowest BCUT2D eigenvalue weighted by atomic mass is 10.1. The Bertz CT molecular complexity index is 481. The van der Waals surface area contributed by atoms with Gasteiger partial charge in [0.15, 0.2) is 0 Å². The lowest BCUT2D eigenvalue weighted by Gasteiger charge is -1.97. The molecular weight excluding hydrogens is 266 g/mol. The van der Waals surface area contributed by atoms with E-state index in [1.165, 1.54) is 0 Å². The molecule has 0 radical (unpaired) electrons. The van der Waals surface area contributed by atoms with E-state index in [-0.39, 0.29) is 19.6 Å². The fourth-order valence-electron chi connectivity index (χ4n) is 1.57. The Balaban J connectivity index is 0.000000322. The molecule has 0 fully saturated rings. The van der Waals surface area contributed by atoms with Gasteiger partial charge in [0.25, 0.3) is 0 Å². The summed E-state index contributed by atoms with van der Waals surface area (Å²) in [6, 6.07) is 15.6. The third-order valence-corrected chi connectivity index (χ3v) is 2.86. The minimum Gasteiger partial charge on any atom is -0.392 e. The molecule has 0 aliphatic heterocycles. The lowest BCUT2D eigenvalue weighted by Crippen LogP contribution is -1.85.